The number of amides is 1. The number of methoxy groups -OCH3 is 1. The Morgan fingerprint density at radius 3 is 2.32 bits per heavy atom. The van der Waals surface area contributed by atoms with E-state index in [4.69, 9.17) is 26.8 Å². The van der Waals surface area contributed by atoms with Gasteiger partial charge in [0.05, 0.1) is 12.7 Å². The maximum Gasteiger partial charge on any atom is 0.338 e. The second-order valence-corrected chi connectivity index (χ2v) is 4.91. The molecule has 0 atom stereocenters. The van der Waals surface area contributed by atoms with Crippen molar-refractivity contribution in [3.05, 3.63) is 64.2 Å². The number of halogens is 1. The Morgan fingerprint density at radius 2 is 1.73 bits per heavy atom. The van der Waals surface area contributed by atoms with Gasteiger partial charge in [0.2, 0.25) is 5.91 Å². The van der Waals surface area contributed by atoms with Crippen molar-refractivity contribution in [1.29, 1.82) is 0 Å². The first-order valence-electron chi connectivity index (χ1n) is 6.40. The highest BCUT2D eigenvalue weighted by Crippen LogP contribution is 2.23. The minimum absolute atomic E-state index is 0.0279. The van der Waals surface area contributed by atoms with Crippen LogP contribution in [0.3, 0.4) is 0 Å². The third-order valence-electron chi connectivity index (χ3n) is 3.01. The van der Waals surface area contributed by atoms with Crippen LogP contribution in [0.5, 0.6) is 5.75 Å². The van der Waals surface area contributed by atoms with Gasteiger partial charge in [0.25, 0.3) is 0 Å². The zero-order valence-corrected chi connectivity index (χ0v) is 12.6. The summed E-state index contributed by atoms with van der Waals surface area (Å²) in [4.78, 5) is 22.9. The molecule has 0 fully saturated rings. The van der Waals surface area contributed by atoms with Crippen LogP contribution < -0.4 is 10.5 Å². The monoisotopic (exact) mass is 319 g/mol. The standard InChI is InChI=1S/C16H14ClNO4/c1-21-14-7-6-13(17)8-12(14)9-22-16(20)11-4-2-10(3-5-11)15(18)19/h2-8H,9H2,1H3,(H2,18,19). The molecular formula is C16H14ClNO4. The SMILES string of the molecule is COc1ccc(Cl)cc1COC(=O)c1ccc(C(N)=O)cc1. The quantitative estimate of drug-likeness (QED) is 0.859. The highest BCUT2D eigenvalue weighted by molar-refractivity contribution is 6.30. The highest BCUT2D eigenvalue weighted by Gasteiger charge is 2.11. The number of benzene rings is 2. The molecule has 0 bridgehead atoms. The predicted octanol–water partition coefficient (Wildman–Crippen LogP) is 2.80. The average Bonchev–Trinajstić information content (AvgIpc) is 2.52. The molecule has 22 heavy (non-hydrogen) atoms. The summed E-state index contributed by atoms with van der Waals surface area (Å²) in [7, 11) is 1.52. The van der Waals surface area contributed by atoms with Crippen LogP contribution in [-0.4, -0.2) is 19.0 Å². The second-order valence-electron chi connectivity index (χ2n) is 4.47. The molecule has 2 N–H and O–H groups in total. The zero-order valence-electron chi connectivity index (χ0n) is 11.8. The summed E-state index contributed by atoms with van der Waals surface area (Å²) in [5.41, 5.74) is 6.46. The number of esters is 1. The molecule has 0 aromatic heterocycles. The first-order chi connectivity index (χ1) is 10.5. The van der Waals surface area contributed by atoms with E-state index >= 15 is 0 Å². The molecular weight excluding hydrogens is 306 g/mol. The minimum atomic E-state index is -0.552. The van der Waals surface area contributed by atoms with Crippen molar-refractivity contribution in [3.63, 3.8) is 0 Å². The van der Waals surface area contributed by atoms with Crippen molar-refractivity contribution in [3.8, 4) is 5.75 Å². The molecule has 0 saturated heterocycles. The van der Waals surface area contributed by atoms with Gasteiger partial charge in [-0.1, -0.05) is 11.6 Å². The molecule has 0 unspecified atom stereocenters. The first kappa shape index (κ1) is 15.9. The van der Waals surface area contributed by atoms with Crippen LogP contribution in [0.4, 0.5) is 0 Å². The number of carbonyl (C=O) groups excluding carboxylic acids is 2. The summed E-state index contributed by atoms with van der Waals surface area (Å²) < 4.78 is 10.4. The van der Waals surface area contributed by atoms with Crippen LogP contribution in [-0.2, 0) is 11.3 Å². The summed E-state index contributed by atoms with van der Waals surface area (Å²) in [5.74, 6) is -0.483. The average molecular weight is 320 g/mol. The molecule has 6 heteroatoms. The molecule has 0 heterocycles. The van der Waals surface area contributed by atoms with Crippen LogP contribution in [0, 0.1) is 0 Å². The fourth-order valence-electron chi connectivity index (χ4n) is 1.86. The predicted molar refractivity (Wildman–Crippen MR) is 82.1 cm³/mol. The Labute approximate surface area is 132 Å². The van der Waals surface area contributed by atoms with Crippen molar-refractivity contribution in [1.82, 2.24) is 0 Å². The molecule has 5 nitrogen and oxygen atoms in total. The smallest absolute Gasteiger partial charge is 0.338 e. The van der Waals surface area contributed by atoms with Gasteiger partial charge in [-0.05, 0) is 42.5 Å². The Balaban J connectivity index is 2.06. The fraction of sp³-hybridized carbons (Fsp3) is 0.125. The number of hydrogen-bond donors (Lipinski definition) is 1. The number of primary amides is 1. The lowest BCUT2D eigenvalue weighted by Crippen LogP contribution is -2.11. The van der Waals surface area contributed by atoms with Crippen molar-refractivity contribution in [2.24, 2.45) is 5.73 Å². The van der Waals surface area contributed by atoms with Crippen molar-refractivity contribution in [2.75, 3.05) is 7.11 Å². The number of ether oxygens (including phenoxy) is 2. The lowest BCUT2D eigenvalue weighted by Gasteiger charge is -2.10. The van der Waals surface area contributed by atoms with Gasteiger partial charge >= 0.3 is 5.97 Å². The molecule has 2 aromatic carbocycles. The van der Waals surface area contributed by atoms with Crippen LogP contribution in [0.15, 0.2) is 42.5 Å². The summed E-state index contributed by atoms with van der Waals surface area (Å²) in [6.07, 6.45) is 0. The Morgan fingerprint density at radius 1 is 1.09 bits per heavy atom. The molecule has 2 aromatic rings. The van der Waals surface area contributed by atoms with Crippen LogP contribution in [0.2, 0.25) is 5.02 Å². The van der Waals surface area contributed by atoms with E-state index in [0.717, 1.165) is 0 Å². The highest BCUT2D eigenvalue weighted by atomic mass is 35.5. The molecule has 0 radical (unpaired) electrons. The Hall–Kier alpha value is -2.53. The molecule has 2 rings (SSSR count). The third kappa shape index (κ3) is 3.77. The molecule has 0 aliphatic rings. The third-order valence-corrected chi connectivity index (χ3v) is 3.24. The Kier molecular flexibility index (Phi) is 5.01. The molecule has 114 valence electrons. The van der Waals surface area contributed by atoms with Gasteiger partial charge in [-0.3, -0.25) is 4.79 Å². The maximum atomic E-state index is 12.0. The van der Waals surface area contributed by atoms with E-state index in [2.05, 4.69) is 0 Å². The number of nitrogens with two attached hydrogens (primary N) is 1. The van der Waals surface area contributed by atoms with Crippen molar-refractivity contribution >= 4 is 23.5 Å². The van der Waals surface area contributed by atoms with Gasteiger partial charge < -0.3 is 15.2 Å². The van der Waals surface area contributed by atoms with Gasteiger partial charge in [0, 0.05) is 16.1 Å². The van der Waals surface area contributed by atoms with E-state index in [1.165, 1.54) is 31.4 Å². The number of carbonyl (C=O) groups is 2. The van der Waals surface area contributed by atoms with Gasteiger partial charge in [-0.25, -0.2) is 4.79 Å². The summed E-state index contributed by atoms with van der Waals surface area (Å²) in [6, 6.07) is 11.0. The van der Waals surface area contributed by atoms with E-state index in [-0.39, 0.29) is 6.61 Å². The fourth-order valence-corrected chi connectivity index (χ4v) is 2.05. The Bertz CT molecular complexity index is 698. The second kappa shape index (κ2) is 6.95. The zero-order chi connectivity index (χ0) is 16.1. The lowest BCUT2D eigenvalue weighted by atomic mass is 10.1. The van der Waals surface area contributed by atoms with E-state index < -0.39 is 11.9 Å². The van der Waals surface area contributed by atoms with Gasteiger partial charge in [-0.15, -0.1) is 0 Å². The summed E-state index contributed by atoms with van der Waals surface area (Å²) in [6.45, 7) is 0.0279. The number of rotatable bonds is 5. The molecule has 0 saturated carbocycles. The van der Waals surface area contributed by atoms with Crippen LogP contribution in [0.25, 0.3) is 0 Å². The summed E-state index contributed by atoms with van der Waals surface area (Å²) >= 11 is 5.91. The molecule has 0 spiro atoms. The van der Waals surface area contributed by atoms with E-state index in [1.54, 1.807) is 18.2 Å². The maximum absolute atomic E-state index is 12.0. The normalized spacial score (nSPS) is 10.1. The van der Waals surface area contributed by atoms with Gasteiger partial charge in [0.15, 0.2) is 0 Å². The first-order valence-corrected chi connectivity index (χ1v) is 6.78. The van der Waals surface area contributed by atoms with E-state index in [0.29, 0.717) is 27.5 Å². The molecule has 0 aliphatic carbocycles. The van der Waals surface area contributed by atoms with Crippen molar-refractivity contribution in [2.45, 2.75) is 6.61 Å². The summed E-state index contributed by atoms with van der Waals surface area (Å²) in [5, 5.41) is 0.526. The largest absolute Gasteiger partial charge is 0.496 e. The van der Waals surface area contributed by atoms with Gasteiger partial charge in [-0.2, -0.15) is 0 Å². The van der Waals surface area contributed by atoms with E-state index in [9.17, 15) is 9.59 Å². The number of hydrogen-bond acceptors (Lipinski definition) is 4. The lowest BCUT2D eigenvalue weighted by molar-refractivity contribution is 0.0470. The minimum Gasteiger partial charge on any atom is -0.496 e. The molecule has 1 amide bonds. The molecule has 0 aliphatic heterocycles. The topological polar surface area (TPSA) is 78.6 Å². The van der Waals surface area contributed by atoms with Crippen LogP contribution in [0.1, 0.15) is 26.3 Å². The van der Waals surface area contributed by atoms with Crippen LogP contribution >= 0.6 is 11.6 Å². The van der Waals surface area contributed by atoms with Gasteiger partial charge in [0.1, 0.15) is 12.4 Å². The van der Waals surface area contributed by atoms with E-state index in [1.807, 2.05) is 0 Å². The van der Waals surface area contributed by atoms with Crippen molar-refractivity contribution < 1.29 is 19.1 Å².